The van der Waals surface area contributed by atoms with E-state index in [1.807, 2.05) is 0 Å². The summed E-state index contributed by atoms with van der Waals surface area (Å²) in [5, 5.41) is 0. The number of benzene rings is 2. The van der Waals surface area contributed by atoms with Crippen molar-refractivity contribution in [3.05, 3.63) is 93.1 Å². The average molecular weight is 367 g/mol. The van der Waals surface area contributed by atoms with Crippen LogP contribution in [-0.2, 0) is 0 Å². The molecule has 0 saturated carbocycles. The summed E-state index contributed by atoms with van der Waals surface area (Å²) in [5.41, 5.74) is 17.1. The van der Waals surface area contributed by atoms with Crippen LogP contribution in [-0.4, -0.2) is 0 Å². The first-order chi connectivity index (χ1) is 13.4. The number of rotatable bonds is 3. The van der Waals surface area contributed by atoms with Crippen molar-refractivity contribution in [3.8, 4) is 11.1 Å². The van der Waals surface area contributed by atoms with E-state index < -0.39 is 0 Å². The second-order valence-corrected chi connectivity index (χ2v) is 8.53. The lowest BCUT2D eigenvalue weighted by Crippen LogP contribution is -1.87. The normalized spacial score (nSPS) is 17.5. The van der Waals surface area contributed by atoms with Gasteiger partial charge in [0.25, 0.3) is 0 Å². The second kappa shape index (κ2) is 7.09. The molecule has 0 saturated heterocycles. The zero-order valence-electron chi connectivity index (χ0n) is 18.0. The monoisotopic (exact) mass is 366 g/mol. The van der Waals surface area contributed by atoms with E-state index >= 15 is 0 Å². The molecule has 142 valence electrons. The molecule has 0 amide bonds. The molecule has 0 bridgehead atoms. The Bertz CT molecular complexity index is 972. The smallest absolute Gasteiger partial charge is 0.00554 e. The van der Waals surface area contributed by atoms with Crippen molar-refractivity contribution in [2.45, 2.75) is 54.4 Å². The molecule has 0 fully saturated rings. The molecule has 0 spiro atoms. The van der Waals surface area contributed by atoms with Crippen molar-refractivity contribution in [1.29, 1.82) is 0 Å². The molecule has 28 heavy (non-hydrogen) atoms. The predicted octanol–water partition coefficient (Wildman–Crippen LogP) is 8.38. The minimum atomic E-state index is 1.09. The van der Waals surface area contributed by atoms with Gasteiger partial charge in [-0.2, -0.15) is 0 Å². The van der Waals surface area contributed by atoms with Crippen LogP contribution in [0.5, 0.6) is 0 Å². The number of hydrogen-bond donors (Lipinski definition) is 0. The first-order valence-corrected chi connectivity index (χ1v) is 10.3. The third-order valence-corrected chi connectivity index (χ3v) is 6.99. The Balaban J connectivity index is 1.57. The SMILES string of the molecule is CC1=C(C)C(C)=C(c2ccc(-c3ccc(C4=C(C)C(C)=C(C)C4)cc3)cc2)C1. The lowest BCUT2D eigenvalue weighted by Gasteiger charge is -2.10. The van der Waals surface area contributed by atoms with E-state index in [9.17, 15) is 0 Å². The molecule has 0 heteroatoms. The fourth-order valence-electron chi connectivity index (χ4n) is 4.52. The van der Waals surface area contributed by atoms with Crippen molar-refractivity contribution < 1.29 is 0 Å². The molecule has 0 atom stereocenters. The van der Waals surface area contributed by atoms with Crippen LogP contribution < -0.4 is 0 Å². The maximum atomic E-state index is 2.29. The van der Waals surface area contributed by atoms with E-state index in [4.69, 9.17) is 0 Å². The Morgan fingerprint density at radius 1 is 0.393 bits per heavy atom. The van der Waals surface area contributed by atoms with Crippen molar-refractivity contribution >= 4 is 11.1 Å². The van der Waals surface area contributed by atoms with Crippen molar-refractivity contribution in [2.75, 3.05) is 0 Å². The molecular weight excluding hydrogens is 336 g/mol. The molecule has 0 aromatic heterocycles. The topological polar surface area (TPSA) is 0 Å². The molecule has 2 aliphatic carbocycles. The summed E-state index contributed by atoms with van der Waals surface area (Å²) >= 11 is 0. The molecule has 0 heterocycles. The van der Waals surface area contributed by atoms with E-state index in [-0.39, 0.29) is 0 Å². The van der Waals surface area contributed by atoms with E-state index in [0.717, 1.165) is 12.8 Å². The Hall–Kier alpha value is -2.60. The molecule has 2 aromatic rings. The molecule has 0 unspecified atom stereocenters. The highest BCUT2D eigenvalue weighted by molar-refractivity contribution is 5.81. The fraction of sp³-hybridized carbons (Fsp3) is 0.286. The predicted molar refractivity (Wildman–Crippen MR) is 123 cm³/mol. The molecule has 2 aromatic carbocycles. The lowest BCUT2D eigenvalue weighted by atomic mass is 9.95. The van der Waals surface area contributed by atoms with Crippen LogP contribution in [0.15, 0.2) is 82.0 Å². The maximum absolute atomic E-state index is 2.29. The van der Waals surface area contributed by atoms with Gasteiger partial charge in [-0.25, -0.2) is 0 Å². The first kappa shape index (κ1) is 18.7. The van der Waals surface area contributed by atoms with Gasteiger partial charge in [0.15, 0.2) is 0 Å². The van der Waals surface area contributed by atoms with Gasteiger partial charge in [0.2, 0.25) is 0 Å². The summed E-state index contributed by atoms with van der Waals surface area (Å²) < 4.78 is 0. The minimum absolute atomic E-state index is 1.09. The van der Waals surface area contributed by atoms with Gasteiger partial charge < -0.3 is 0 Å². The van der Waals surface area contributed by atoms with Crippen LogP contribution in [0.1, 0.15) is 65.5 Å². The van der Waals surface area contributed by atoms with Crippen LogP contribution in [0.4, 0.5) is 0 Å². The summed E-state index contributed by atoms with van der Waals surface area (Å²) in [6, 6.07) is 18.2. The van der Waals surface area contributed by atoms with Crippen molar-refractivity contribution in [2.24, 2.45) is 0 Å². The van der Waals surface area contributed by atoms with E-state index in [2.05, 4.69) is 90.1 Å². The van der Waals surface area contributed by atoms with Gasteiger partial charge in [0, 0.05) is 0 Å². The van der Waals surface area contributed by atoms with E-state index in [1.165, 1.54) is 66.8 Å². The average Bonchev–Trinajstić information content (AvgIpc) is 3.13. The quantitative estimate of drug-likeness (QED) is 0.511. The molecule has 0 aliphatic heterocycles. The largest absolute Gasteiger partial charge is 0.0657 e. The van der Waals surface area contributed by atoms with Crippen LogP contribution in [0.2, 0.25) is 0 Å². The van der Waals surface area contributed by atoms with Gasteiger partial charge in [-0.15, -0.1) is 0 Å². The third kappa shape index (κ3) is 3.11. The van der Waals surface area contributed by atoms with Gasteiger partial charge in [-0.3, -0.25) is 0 Å². The summed E-state index contributed by atoms with van der Waals surface area (Å²) in [5.74, 6) is 0. The standard InChI is InChI=1S/C28H30/c1-17-15-27(21(5)19(17)3)25-11-7-23(8-12-25)24-9-13-26(14-10-24)28-16-18(2)20(4)22(28)6/h7-14H,15-16H2,1-6H3. The maximum Gasteiger partial charge on any atom is -0.00554 e. The van der Waals surface area contributed by atoms with Crippen molar-refractivity contribution in [1.82, 2.24) is 0 Å². The second-order valence-electron chi connectivity index (χ2n) is 8.53. The lowest BCUT2D eigenvalue weighted by molar-refractivity contribution is 1.22. The van der Waals surface area contributed by atoms with Crippen LogP contribution in [0, 0.1) is 0 Å². The zero-order valence-corrected chi connectivity index (χ0v) is 18.0. The van der Waals surface area contributed by atoms with Crippen molar-refractivity contribution in [3.63, 3.8) is 0 Å². The molecule has 0 N–H and O–H groups in total. The Labute approximate surface area is 170 Å². The molecule has 2 aliphatic rings. The van der Waals surface area contributed by atoms with E-state index in [0.29, 0.717) is 0 Å². The van der Waals surface area contributed by atoms with E-state index in [1.54, 1.807) is 0 Å². The highest BCUT2D eigenvalue weighted by atomic mass is 14.2. The number of hydrogen-bond acceptors (Lipinski definition) is 0. The first-order valence-electron chi connectivity index (χ1n) is 10.3. The number of allylic oxidation sites excluding steroid dienone is 8. The van der Waals surface area contributed by atoms with Crippen LogP contribution in [0.3, 0.4) is 0 Å². The van der Waals surface area contributed by atoms with Gasteiger partial charge in [-0.05, 0) is 110 Å². The van der Waals surface area contributed by atoms with Gasteiger partial charge in [-0.1, -0.05) is 59.7 Å². The Morgan fingerprint density at radius 3 is 0.929 bits per heavy atom. The Kier molecular flexibility index (Phi) is 4.75. The Morgan fingerprint density at radius 2 is 0.679 bits per heavy atom. The zero-order chi connectivity index (χ0) is 20.0. The summed E-state index contributed by atoms with van der Waals surface area (Å²) in [6.07, 6.45) is 2.18. The fourth-order valence-corrected chi connectivity index (χ4v) is 4.52. The van der Waals surface area contributed by atoms with Crippen LogP contribution >= 0.6 is 0 Å². The minimum Gasteiger partial charge on any atom is -0.0657 e. The summed E-state index contributed by atoms with van der Waals surface area (Å²) in [6.45, 7) is 13.5. The van der Waals surface area contributed by atoms with Gasteiger partial charge in [0.05, 0.1) is 0 Å². The van der Waals surface area contributed by atoms with Gasteiger partial charge >= 0.3 is 0 Å². The highest BCUT2D eigenvalue weighted by Crippen LogP contribution is 2.39. The summed E-state index contributed by atoms with van der Waals surface area (Å²) in [4.78, 5) is 0. The molecule has 0 radical (unpaired) electrons. The third-order valence-electron chi connectivity index (χ3n) is 6.99. The highest BCUT2D eigenvalue weighted by Gasteiger charge is 2.18. The molecule has 0 nitrogen and oxygen atoms in total. The molecular formula is C28H30. The molecule has 4 rings (SSSR count). The van der Waals surface area contributed by atoms with Gasteiger partial charge in [0.1, 0.15) is 0 Å². The van der Waals surface area contributed by atoms with Crippen LogP contribution in [0.25, 0.3) is 22.3 Å². The summed E-state index contributed by atoms with van der Waals surface area (Å²) in [7, 11) is 0.